The van der Waals surface area contributed by atoms with Crippen molar-refractivity contribution >= 4 is 28.3 Å². The van der Waals surface area contributed by atoms with Gasteiger partial charge < -0.3 is 15.6 Å². The highest BCUT2D eigenvalue weighted by molar-refractivity contribution is 6.08. The highest BCUT2D eigenvalue weighted by Gasteiger charge is 2.20. The molecule has 1 fully saturated rings. The number of nitrogens with zero attached hydrogens (tertiary/aromatic N) is 2. The Hall–Kier alpha value is -4.20. The SMILES string of the molecule is O=C(Nc1ccccn1)c1cc(-n2c(=O)[nH]c3ccccc3c2=O)ccc1NC1CCCCC1. The third kappa shape index (κ3) is 4.34. The van der Waals surface area contributed by atoms with E-state index in [0.717, 1.165) is 30.3 Å². The van der Waals surface area contributed by atoms with Crippen LogP contribution in [0.3, 0.4) is 0 Å². The number of hydrogen-bond acceptors (Lipinski definition) is 5. The normalized spacial score (nSPS) is 14.1. The maximum absolute atomic E-state index is 13.3. The maximum atomic E-state index is 13.3. The molecule has 0 bridgehead atoms. The number of anilines is 2. The number of nitrogens with one attached hydrogen (secondary N) is 3. The van der Waals surface area contributed by atoms with Crippen molar-refractivity contribution in [3.8, 4) is 5.69 Å². The van der Waals surface area contributed by atoms with E-state index < -0.39 is 11.2 Å². The van der Waals surface area contributed by atoms with Gasteiger partial charge in [-0.1, -0.05) is 37.5 Å². The summed E-state index contributed by atoms with van der Waals surface area (Å²) in [7, 11) is 0. The molecule has 0 unspecified atom stereocenters. The number of amides is 1. The van der Waals surface area contributed by atoms with Crippen LogP contribution >= 0.6 is 0 Å². The van der Waals surface area contributed by atoms with Crippen LogP contribution in [0.4, 0.5) is 11.5 Å². The van der Waals surface area contributed by atoms with E-state index in [1.54, 1.807) is 66.9 Å². The Labute approximate surface area is 195 Å². The topological polar surface area (TPSA) is 109 Å². The maximum Gasteiger partial charge on any atom is 0.333 e. The predicted octanol–water partition coefficient (Wildman–Crippen LogP) is 4.07. The van der Waals surface area contributed by atoms with Crippen LogP contribution < -0.4 is 21.9 Å². The zero-order valence-corrected chi connectivity index (χ0v) is 18.6. The highest BCUT2D eigenvalue weighted by atomic mass is 16.2. The molecule has 8 heteroatoms. The first-order valence-corrected chi connectivity index (χ1v) is 11.5. The molecule has 0 saturated heterocycles. The number of para-hydroxylation sites is 1. The zero-order chi connectivity index (χ0) is 23.5. The molecule has 1 saturated carbocycles. The van der Waals surface area contributed by atoms with Gasteiger partial charge in [0.2, 0.25) is 0 Å². The second kappa shape index (κ2) is 9.35. The van der Waals surface area contributed by atoms with E-state index in [2.05, 4.69) is 20.6 Å². The third-order valence-electron chi connectivity index (χ3n) is 6.18. The van der Waals surface area contributed by atoms with E-state index in [-0.39, 0.29) is 11.9 Å². The summed E-state index contributed by atoms with van der Waals surface area (Å²) in [5.74, 6) is 0.0476. The van der Waals surface area contributed by atoms with Crippen LogP contribution in [-0.2, 0) is 0 Å². The lowest BCUT2D eigenvalue weighted by molar-refractivity contribution is 0.102. The molecule has 1 aliphatic carbocycles. The van der Waals surface area contributed by atoms with Gasteiger partial charge in [-0.2, -0.15) is 0 Å². The van der Waals surface area contributed by atoms with E-state index in [1.165, 1.54) is 6.42 Å². The minimum Gasteiger partial charge on any atom is -0.382 e. The van der Waals surface area contributed by atoms with Crippen molar-refractivity contribution in [2.24, 2.45) is 0 Å². The van der Waals surface area contributed by atoms with Crippen molar-refractivity contribution in [2.75, 3.05) is 10.6 Å². The Morgan fingerprint density at radius 1 is 0.971 bits per heavy atom. The van der Waals surface area contributed by atoms with E-state index in [9.17, 15) is 14.4 Å². The van der Waals surface area contributed by atoms with E-state index in [0.29, 0.717) is 33.7 Å². The van der Waals surface area contributed by atoms with Crippen LogP contribution in [0.1, 0.15) is 42.5 Å². The standard InChI is InChI=1S/C26H25N5O3/c32-24(30-23-12-6-7-15-27-23)20-16-18(13-14-22(20)28-17-8-2-1-3-9-17)31-25(33)19-10-4-5-11-21(19)29-26(31)34/h4-7,10-17,28H,1-3,8-9H2,(H,29,34)(H,27,30,32). The average Bonchev–Trinajstić information content (AvgIpc) is 2.86. The van der Waals surface area contributed by atoms with Gasteiger partial charge in [-0.3, -0.25) is 9.59 Å². The Balaban J connectivity index is 1.59. The molecule has 172 valence electrons. The summed E-state index contributed by atoms with van der Waals surface area (Å²) in [5, 5.41) is 6.70. The number of aromatic amines is 1. The number of aromatic nitrogens is 3. The first-order valence-electron chi connectivity index (χ1n) is 11.5. The molecule has 2 aromatic heterocycles. The van der Waals surface area contributed by atoms with Gasteiger partial charge in [-0.05, 0) is 55.3 Å². The van der Waals surface area contributed by atoms with Gasteiger partial charge in [-0.15, -0.1) is 0 Å². The molecule has 8 nitrogen and oxygen atoms in total. The second-order valence-electron chi connectivity index (χ2n) is 8.49. The third-order valence-corrected chi connectivity index (χ3v) is 6.18. The summed E-state index contributed by atoms with van der Waals surface area (Å²) in [6.45, 7) is 0. The van der Waals surface area contributed by atoms with Gasteiger partial charge in [-0.25, -0.2) is 14.3 Å². The van der Waals surface area contributed by atoms with Crippen LogP contribution in [0, 0.1) is 0 Å². The van der Waals surface area contributed by atoms with Crippen LogP contribution in [0.15, 0.2) is 76.4 Å². The quantitative estimate of drug-likeness (QED) is 0.420. The smallest absolute Gasteiger partial charge is 0.333 e. The lowest BCUT2D eigenvalue weighted by atomic mass is 9.95. The lowest BCUT2D eigenvalue weighted by Crippen LogP contribution is -2.34. The minimum atomic E-state index is -0.562. The fourth-order valence-corrected chi connectivity index (χ4v) is 4.47. The van der Waals surface area contributed by atoms with E-state index in [1.807, 2.05) is 0 Å². The molecule has 1 aliphatic rings. The number of rotatable bonds is 5. The molecule has 1 amide bonds. The molecular formula is C26H25N5O3. The molecule has 0 atom stereocenters. The first kappa shape index (κ1) is 21.6. The van der Waals surface area contributed by atoms with Gasteiger partial charge in [0.25, 0.3) is 11.5 Å². The Morgan fingerprint density at radius 2 is 1.76 bits per heavy atom. The highest BCUT2D eigenvalue weighted by Crippen LogP contribution is 2.26. The fraction of sp³-hybridized carbons (Fsp3) is 0.231. The summed E-state index contributed by atoms with van der Waals surface area (Å²) < 4.78 is 1.06. The molecule has 0 spiro atoms. The number of benzene rings is 2. The van der Waals surface area contributed by atoms with E-state index in [4.69, 9.17) is 0 Å². The molecule has 2 aromatic carbocycles. The summed E-state index contributed by atoms with van der Waals surface area (Å²) in [4.78, 5) is 46.1. The van der Waals surface area contributed by atoms with Crippen LogP contribution in [0.5, 0.6) is 0 Å². The lowest BCUT2D eigenvalue weighted by Gasteiger charge is -2.25. The largest absolute Gasteiger partial charge is 0.382 e. The number of pyridine rings is 1. The fourth-order valence-electron chi connectivity index (χ4n) is 4.47. The molecule has 2 heterocycles. The van der Waals surface area contributed by atoms with Gasteiger partial charge in [0.05, 0.1) is 22.2 Å². The Kier molecular flexibility index (Phi) is 5.95. The number of H-pyrrole nitrogens is 1. The predicted molar refractivity (Wildman–Crippen MR) is 133 cm³/mol. The molecule has 0 aliphatic heterocycles. The molecule has 4 aromatic rings. The van der Waals surface area contributed by atoms with Gasteiger partial charge in [0, 0.05) is 17.9 Å². The summed E-state index contributed by atoms with van der Waals surface area (Å²) in [5.41, 5.74) is 0.786. The number of carbonyl (C=O) groups excluding carboxylic acids is 1. The molecule has 3 N–H and O–H groups in total. The van der Waals surface area contributed by atoms with Crippen LogP contribution in [0.25, 0.3) is 16.6 Å². The van der Waals surface area contributed by atoms with Crippen molar-refractivity contribution in [3.05, 3.63) is 93.3 Å². The monoisotopic (exact) mass is 455 g/mol. The second-order valence-corrected chi connectivity index (χ2v) is 8.49. The first-order chi connectivity index (χ1) is 16.6. The number of hydrogen-bond donors (Lipinski definition) is 3. The number of carbonyl (C=O) groups is 1. The van der Waals surface area contributed by atoms with Crippen molar-refractivity contribution < 1.29 is 4.79 Å². The van der Waals surface area contributed by atoms with Crippen molar-refractivity contribution in [1.82, 2.24) is 14.5 Å². The zero-order valence-electron chi connectivity index (χ0n) is 18.6. The molecule has 5 rings (SSSR count). The van der Waals surface area contributed by atoms with Gasteiger partial charge in [0.1, 0.15) is 5.82 Å². The number of fused-ring (bicyclic) bond motifs is 1. The van der Waals surface area contributed by atoms with Crippen molar-refractivity contribution in [1.29, 1.82) is 0 Å². The van der Waals surface area contributed by atoms with Crippen molar-refractivity contribution in [3.63, 3.8) is 0 Å². The summed E-state index contributed by atoms with van der Waals surface area (Å²) in [6.07, 6.45) is 7.18. The van der Waals surface area contributed by atoms with E-state index >= 15 is 0 Å². The van der Waals surface area contributed by atoms with Gasteiger partial charge in [0.15, 0.2) is 0 Å². The Morgan fingerprint density at radius 3 is 2.56 bits per heavy atom. The minimum absolute atomic E-state index is 0.271. The summed E-state index contributed by atoms with van der Waals surface area (Å²) in [6, 6.07) is 17.4. The van der Waals surface area contributed by atoms with Crippen molar-refractivity contribution in [2.45, 2.75) is 38.1 Å². The molecule has 0 radical (unpaired) electrons. The van der Waals surface area contributed by atoms with Crippen LogP contribution in [0.2, 0.25) is 0 Å². The van der Waals surface area contributed by atoms with Crippen LogP contribution in [-0.4, -0.2) is 26.5 Å². The van der Waals surface area contributed by atoms with Gasteiger partial charge >= 0.3 is 5.69 Å². The Bertz CT molecular complexity index is 1450. The molecule has 34 heavy (non-hydrogen) atoms. The summed E-state index contributed by atoms with van der Waals surface area (Å²) >= 11 is 0. The average molecular weight is 456 g/mol. The molecular weight excluding hydrogens is 430 g/mol.